The van der Waals surface area contributed by atoms with Crippen LogP contribution < -0.4 is 5.32 Å². The molecular formula is C13H22N2. The van der Waals surface area contributed by atoms with Gasteiger partial charge in [0, 0.05) is 18.4 Å². The van der Waals surface area contributed by atoms with Crippen molar-refractivity contribution >= 4 is 0 Å². The molecule has 2 nitrogen and oxygen atoms in total. The van der Waals surface area contributed by atoms with Gasteiger partial charge in [-0.25, -0.2) is 0 Å². The van der Waals surface area contributed by atoms with E-state index in [1.54, 1.807) is 0 Å². The number of rotatable bonds is 6. The standard InChI is InChI=1S/C13H22N2/c1-4-6-11(2)9-15-12(3)13-7-5-8-14-10-13/h5,7-8,10-12,15H,4,6,9H2,1-3H3/t11?,12-/m1/s1. The predicted octanol–water partition coefficient (Wildman–Crippen LogP) is 3.17. The lowest BCUT2D eigenvalue weighted by molar-refractivity contribution is 0.443. The molecule has 0 saturated carbocycles. The van der Waals surface area contributed by atoms with Crippen LogP contribution in [0.1, 0.15) is 45.2 Å². The van der Waals surface area contributed by atoms with Crippen LogP contribution in [-0.2, 0) is 0 Å². The highest BCUT2D eigenvalue weighted by Crippen LogP contribution is 2.11. The zero-order chi connectivity index (χ0) is 11.1. The van der Waals surface area contributed by atoms with Gasteiger partial charge in [0.15, 0.2) is 0 Å². The minimum atomic E-state index is 0.401. The molecule has 1 unspecified atom stereocenters. The van der Waals surface area contributed by atoms with Crippen LogP contribution in [0.3, 0.4) is 0 Å². The molecule has 0 aliphatic rings. The van der Waals surface area contributed by atoms with Gasteiger partial charge in [0.1, 0.15) is 0 Å². The Hall–Kier alpha value is -0.890. The Kier molecular flexibility index (Phi) is 5.33. The van der Waals surface area contributed by atoms with E-state index in [2.05, 4.69) is 37.1 Å². The van der Waals surface area contributed by atoms with Gasteiger partial charge in [-0.3, -0.25) is 4.98 Å². The van der Waals surface area contributed by atoms with Crippen molar-refractivity contribution in [3.8, 4) is 0 Å². The van der Waals surface area contributed by atoms with Crippen molar-refractivity contribution in [3.63, 3.8) is 0 Å². The highest BCUT2D eigenvalue weighted by Gasteiger charge is 2.06. The summed E-state index contributed by atoms with van der Waals surface area (Å²) in [5, 5.41) is 3.54. The molecule has 0 bridgehead atoms. The fraction of sp³-hybridized carbons (Fsp3) is 0.615. The van der Waals surface area contributed by atoms with E-state index in [1.807, 2.05) is 18.5 Å². The first kappa shape index (κ1) is 12.2. The van der Waals surface area contributed by atoms with Gasteiger partial charge >= 0.3 is 0 Å². The first-order valence-electron chi connectivity index (χ1n) is 5.87. The molecule has 0 aliphatic carbocycles. The monoisotopic (exact) mass is 206 g/mol. The smallest absolute Gasteiger partial charge is 0.0315 e. The van der Waals surface area contributed by atoms with Gasteiger partial charge < -0.3 is 5.32 Å². The summed E-state index contributed by atoms with van der Waals surface area (Å²) in [4.78, 5) is 4.13. The lowest BCUT2D eigenvalue weighted by atomic mass is 10.1. The van der Waals surface area contributed by atoms with Crippen molar-refractivity contribution in [2.45, 2.75) is 39.7 Å². The maximum Gasteiger partial charge on any atom is 0.0315 e. The summed E-state index contributed by atoms with van der Waals surface area (Å²) in [6.07, 6.45) is 6.31. The molecule has 1 aromatic rings. The van der Waals surface area contributed by atoms with Crippen LogP contribution in [0.5, 0.6) is 0 Å². The van der Waals surface area contributed by atoms with E-state index in [0.717, 1.165) is 12.5 Å². The molecule has 0 fully saturated rings. The Morgan fingerprint density at radius 3 is 2.80 bits per heavy atom. The first-order chi connectivity index (χ1) is 7.24. The summed E-state index contributed by atoms with van der Waals surface area (Å²) in [7, 11) is 0. The summed E-state index contributed by atoms with van der Waals surface area (Å²) in [5.41, 5.74) is 1.26. The van der Waals surface area contributed by atoms with Crippen molar-refractivity contribution in [2.24, 2.45) is 5.92 Å². The van der Waals surface area contributed by atoms with Gasteiger partial charge in [-0.2, -0.15) is 0 Å². The molecule has 0 radical (unpaired) electrons. The van der Waals surface area contributed by atoms with Crippen molar-refractivity contribution in [1.82, 2.24) is 10.3 Å². The first-order valence-corrected chi connectivity index (χ1v) is 5.87. The van der Waals surface area contributed by atoms with Gasteiger partial charge in [0.2, 0.25) is 0 Å². The van der Waals surface area contributed by atoms with Gasteiger partial charge in [0.25, 0.3) is 0 Å². The average Bonchev–Trinajstić information content (AvgIpc) is 2.27. The van der Waals surface area contributed by atoms with Gasteiger partial charge in [-0.15, -0.1) is 0 Å². The second-order valence-electron chi connectivity index (χ2n) is 4.31. The highest BCUT2D eigenvalue weighted by atomic mass is 14.9. The van der Waals surface area contributed by atoms with Crippen molar-refractivity contribution in [2.75, 3.05) is 6.54 Å². The second kappa shape index (κ2) is 6.57. The number of hydrogen-bond donors (Lipinski definition) is 1. The maximum absolute atomic E-state index is 4.13. The van der Waals surface area contributed by atoms with Crippen LogP contribution in [0.2, 0.25) is 0 Å². The molecule has 1 aromatic heterocycles. The van der Waals surface area contributed by atoms with E-state index in [9.17, 15) is 0 Å². The van der Waals surface area contributed by atoms with Gasteiger partial charge in [-0.05, 0) is 37.4 Å². The van der Waals surface area contributed by atoms with Crippen molar-refractivity contribution in [3.05, 3.63) is 30.1 Å². The molecule has 84 valence electrons. The maximum atomic E-state index is 4.13. The van der Waals surface area contributed by atoms with Crippen LogP contribution >= 0.6 is 0 Å². The fourth-order valence-corrected chi connectivity index (χ4v) is 1.72. The summed E-state index contributed by atoms with van der Waals surface area (Å²) in [6, 6.07) is 4.51. The molecule has 1 heterocycles. The molecule has 0 aliphatic heterocycles. The fourth-order valence-electron chi connectivity index (χ4n) is 1.72. The number of hydrogen-bond acceptors (Lipinski definition) is 2. The highest BCUT2D eigenvalue weighted by molar-refractivity contribution is 5.12. The summed E-state index contributed by atoms with van der Waals surface area (Å²) in [5.74, 6) is 0.758. The Labute approximate surface area is 93.1 Å². The molecule has 2 atom stereocenters. The Morgan fingerprint density at radius 1 is 1.40 bits per heavy atom. The topological polar surface area (TPSA) is 24.9 Å². The Bertz CT molecular complexity index is 258. The summed E-state index contributed by atoms with van der Waals surface area (Å²) >= 11 is 0. The van der Waals surface area contributed by atoms with E-state index >= 15 is 0 Å². The van der Waals surface area contributed by atoms with Crippen molar-refractivity contribution in [1.29, 1.82) is 0 Å². The molecule has 0 amide bonds. The molecule has 0 aromatic carbocycles. The molecular weight excluding hydrogens is 184 g/mol. The summed E-state index contributed by atoms with van der Waals surface area (Å²) < 4.78 is 0. The normalized spacial score (nSPS) is 14.9. The Morgan fingerprint density at radius 2 is 2.20 bits per heavy atom. The SMILES string of the molecule is CCCC(C)CN[C@H](C)c1cccnc1. The molecule has 15 heavy (non-hydrogen) atoms. The van der Waals surface area contributed by atoms with E-state index < -0.39 is 0 Å². The number of nitrogens with zero attached hydrogens (tertiary/aromatic N) is 1. The third kappa shape index (κ3) is 4.43. The molecule has 0 saturated heterocycles. The lowest BCUT2D eigenvalue weighted by Crippen LogP contribution is -2.24. The zero-order valence-corrected chi connectivity index (χ0v) is 10.0. The van der Waals surface area contributed by atoms with Crippen LogP contribution in [0.25, 0.3) is 0 Å². The largest absolute Gasteiger partial charge is 0.310 e. The van der Waals surface area contributed by atoms with E-state index in [0.29, 0.717) is 6.04 Å². The van der Waals surface area contributed by atoms with E-state index in [4.69, 9.17) is 0 Å². The second-order valence-corrected chi connectivity index (χ2v) is 4.31. The predicted molar refractivity (Wildman–Crippen MR) is 64.7 cm³/mol. The third-order valence-electron chi connectivity index (χ3n) is 2.74. The molecule has 1 rings (SSSR count). The van der Waals surface area contributed by atoms with Crippen LogP contribution in [0.15, 0.2) is 24.5 Å². The Balaban J connectivity index is 2.33. The quantitative estimate of drug-likeness (QED) is 0.773. The van der Waals surface area contributed by atoms with Crippen LogP contribution in [-0.4, -0.2) is 11.5 Å². The van der Waals surface area contributed by atoms with Crippen molar-refractivity contribution < 1.29 is 0 Å². The number of aromatic nitrogens is 1. The molecule has 0 spiro atoms. The van der Waals surface area contributed by atoms with Crippen LogP contribution in [0, 0.1) is 5.92 Å². The van der Waals surface area contributed by atoms with Gasteiger partial charge in [0.05, 0.1) is 0 Å². The molecule has 1 N–H and O–H groups in total. The zero-order valence-electron chi connectivity index (χ0n) is 10.0. The molecule has 2 heteroatoms. The van der Waals surface area contributed by atoms with E-state index in [1.165, 1.54) is 18.4 Å². The summed E-state index contributed by atoms with van der Waals surface area (Å²) in [6.45, 7) is 7.81. The van der Waals surface area contributed by atoms with E-state index in [-0.39, 0.29) is 0 Å². The number of pyridine rings is 1. The minimum Gasteiger partial charge on any atom is -0.310 e. The third-order valence-corrected chi connectivity index (χ3v) is 2.74. The number of nitrogens with one attached hydrogen (secondary N) is 1. The van der Waals surface area contributed by atoms with Crippen LogP contribution in [0.4, 0.5) is 0 Å². The lowest BCUT2D eigenvalue weighted by Gasteiger charge is -2.17. The van der Waals surface area contributed by atoms with Gasteiger partial charge in [-0.1, -0.05) is 26.3 Å². The minimum absolute atomic E-state index is 0.401. The average molecular weight is 206 g/mol.